The van der Waals surface area contributed by atoms with Crippen LogP contribution in [0.4, 0.5) is 0 Å². The monoisotopic (exact) mass is 279 g/mol. The molecule has 0 spiro atoms. The number of nitrogens with one attached hydrogen (secondary N) is 1. The molecule has 1 aliphatic carbocycles. The second-order valence-electron chi connectivity index (χ2n) is 4.68. The summed E-state index contributed by atoms with van der Waals surface area (Å²) in [7, 11) is -1.41. The van der Waals surface area contributed by atoms with Gasteiger partial charge in [-0.15, -0.1) is 0 Å². The minimum absolute atomic E-state index is 0.000649. The summed E-state index contributed by atoms with van der Waals surface area (Å²) in [5.41, 5.74) is 5.35. The van der Waals surface area contributed by atoms with E-state index >= 15 is 0 Å². The van der Waals surface area contributed by atoms with Crippen LogP contribution in [0.15, 0.2) is 0 Å². The average Bonchev–Trinajstić information content (AvgIpc) is 3.07. The second-order valence-corrected chi connectivity index (χ2v) is 7.24. The number of thiocarbonyl (C=S) groups is 1. The van der Waals surface area contributed by atoms with E-state index in [0.29, 0.717) is 12.6 Å². The maximum atomic E-state index is 11.8. The van der Waals surface area contributed by atoms with Crippen LogP contribution in [0.2, 0.25) is 0 Å². The van der Waals surface area contributed by atoms with Gasteiger partial charge in [0.25, 0.3) is 0 Å². The van der Waals surface area contributed by atoms with Gasteiger partial charge in [0.1, 0.15) is 5.25 Å². The average molecular weight is 279 g/mol. The van der Waals surface area contributed by atoms with E-state index in [0.717, 1.165) is 0 Å². The Balaban J connectivity index is 2.46. The van der Waals surface area contributed by atoms with Crippen LogP contribution >= 0.6 is 12.2 Å². The van der Waals surface area contributed by atoms with Crippen molar-refractivity contribution in [2.24, 2.45) is 5.73 Å². The Morgan fingerprint density at radius 1 is 1.53 bits per heavy atom. The lowest BCUT2D eigenvalue weighted by molar-refractivity contribution is 0.248. The first kappa shape index (κ1) is 14.8. The number of nitrogens with two attached hydrogens (primary N) is 1. The Bertz CT molecular complexity index is 379. The van der Waals surface area contributed by atoms with Crippen molar-refractivity contribution in [1.82, 2.24) is 9.62 Å². The molecular weight excluding hydrogens is 258 g/mol. The molecule has 0 heterocycles. The van der Waals surface area contributed by atoms with Gasteiger partial charge < -0.3 is 5.73 Å². The zero-order valence-corrected chi connectivity index (χ0v) is 12.1. The van der Waals surface area contributed by atoms with E-state index in [1.54, 1.807) is 0 Å². The molecule has 1 aliphatic rings. The lowest BCUT2D eigenvalue weighted by Gasteiger charge is -2.25. The molecule has 1 saturated carbocycles. The molecule has 0 aromatic carbocycles. The summed E-state index contributed by atoms with van der Waals surface area (Å²) >= 11 is 4.70. The van der Waals surface area contributed by atoms with Crippen LogP contribution < -0.4 is 10.5 Å². The van der Waals surface area contributed by atoms with E-state index in [-0.39, 0.29) is 11.0 Å². The summed E-state index contributed by atoms with van der Waals surface area (Å²) in [4.78, 5) is 2.20. The minimum Gasteiger partial charge on any atom is -0.392 e. The predicted molar refractivity (Wildman–Crippen MR) is 73.4 cm³/mol. The Labute approximate surface area is 109 Å². The Morgan fingerprint density at radius 3 is 2.47 bits per heavy atom. The summed E-state index contributed by atoms with van der Waals surface area (Å²) in [6, 6.07) is 0.790. The van der Waals surface area contributed by atoms with Gasteiger partial charge in [-0.05, 0) is 33.7 Å². The summed E-state index contributed by atoms with van der Waals surface area (Å²) in [5, 5.41) is -0.823. The fourth-order valence-electron chi connectivity index (χ4n) is 1.50. The third kappa shape index (κ3) is 4.17. The van der Waals surface area contributed by atoms with Crippen molar-refractivity contribution in [1.29, 1.82) is 0 Å². The standard InChI is InChI=1S/C10H21N3O2S2/c1-7(13(3)9-4-5-9)6-12-17(14,15)8(2)10(11)16/h7-9,12H,4-6H2,1-3H3,(H2,11,16). The van der Waals surface area contributed by atoms with Gasteiger partial charge in [-0.3, -0.25) is 4.90 Å². The molecule has 5 nitrogen and oxygen atoms in total. The fraction of sp³-hybridized carbons (Fsp3) is 0.900. The number of likely N-dealkylation sites (N-methyl/N-ethyl adjacent to an activating group) is 1. The van der Waals surface area contributed by atoms with E-state index < -0.39 is 15.3 Å². The van der Waals surface area contributed by atoms with E-state index in [2.05, 4.69) is 9.62 Å². The van der Waals surface area contributed by atoms with Gasteiger partial charge in [0.15, 0.2) is 0 Å². The van der Waals surface area contributed by atoms with Crippen LogP contribution in [0.25, 0.3) is 0 Å². The van der Waals surface area contributed by atoms with E-state index in [9.17, 15) is 8.42 Å². The van der Waals surface area contributed by atoms with Gasteiger partial charge in [0.05, 0.1) is 4.99 Å². The quantitative estimate of drug-likeness (QED) is 0.645. The molecule has 0 aromatic rings. The lowest BCUT2D eigenvalue weighted by atomic mass is 10.3. The maximum Gasteiger partial charge on any atom is 0.220 e. The molecule has 100 valence electrons. The largest absolute Gasteiger partial charge is 0.392 e. The SMILES string of the molecule is CC(CNS(=O)(=O)C(C)C(N)=S)N(C)C1CC1. The highest BCUT2D eigenvalue weighted by molar-refractivity contribution is 7.93. The molecule has 1 fully saturated rings. The topological polar surface area (TPSA) is 75.4 Å². The molecule has 0 bridgehead atoms. The molecule has 0 aliphatic heterocycles. The minimum atomic E-state index is -3.44. The summed E-state index contributed by atoms with van der Waals surface area (Å²) in [5.74, 6) is 0. The van der Waals surface area contributed by atoms with Crippen molar-refractivity contribution in [2.45, 2.75) is 44.0 Å². The van der Waals surface area contributed by atoms with Crippen molar-refractivity contribution >= 4 is 27.2 Å². The third-order valence-electron chi connectivity index (χ3n) is 3.26. The number of hydrogen-bond donors (Lipinski definition) is 2. The van der Waals surface area contributed by atoms with Crippen molar-refractivity contribution in [3.05, 3.63) is 0 Å². The predicted octanol–water partition coefficient (Wildman–Crippen LogP) is 0.0631. The Hall–Kier alpha value is -0.240. The molecule has 0 amide bonds. The molecular formula is C10H21N3O2S2. The number of hydrogen-bond acceptors (Lipinski definition) is 4. The number of sulfonamides is 1. The van der Waals surface area contributed by atoms with Gasteiger partial charge in [0, 0.05) is 18.6 Å². The molecule has 0 saturated heterocycles. The first-order chi connectivity index (χ1) is 7.75. The van der Waals surface area contributed by atoms with Crippen LogP contribution in [0, 0.1) is 0 Å². The Kier molecular flexibility index (Phi) is 4.88. The van der Waals surface area contributed by atoms with E-state index in [4.69, 9.17) is 18.0 Å². The normalized spacial score (nSPS) is 20.2. The van der Waals surface area contributed by atoms with Crippen LogP contribution in [0.3, 0.4) is 0 Å². The summed E-state index contributed by atoms with van der Waals surface area (Å²) < 4.78 is 26.1. The van der Waals surface area contributed by atoms with Gasteiger partial charge in [-0.2, -0.15) is 0 Å². The molecule has 1 rings (SSSR count). The van der Waals surface area contributed by atoms with Gasteiger partial charge >= 0.3 is 0 Å². The zero-order valence-electron chi connectivity index (χ0n) is 10.5. The zero-order chi connectivity index (χ0) is 13.2. The number of rotatable bonds is 7. The highest BCUT2D eigenvalue weighted by Crippen LogP contribution is 2.26. The molecule has 3 N–H and O–H groups in total. The summed E-state index contributed by atoms with van der Waals surface area (Å²) in [6.07, 6.45) is 2.41. The smallest absolute Gasteiger partial charge is 0.220 e. The maximum absolute atomic E-state index is 11.8. The highest BCUT2D eigenvalue weighted by atomic mass is 32.2. The van der Waals surface area contributed by atoms with E-state index in [1.165, 1.54) is 19.8 Å². The molecule has 0 radical (unpaired) electrons. The van der Waals surface area contributed by atoms with Gasteiger partial charge in [-0.25, -0.2) is 13.1 Å². The Morgan fingerprint density at radius 2 is 2.06 bits per heavy atom. The van der Waals surface area contributed by atoms with Gasteiger partial charge in [-0.1, -0.05) is 12.2 Å². The second kappa shape index (κ2) is 5.60. The molecule has 0 aromatic heterocycles. The van der Waals surface area contributed by atoms with Crippen molar-refractivity contribution < 1.29 is 8.42 Å². The van der Waals surface area contributed by atoms with Crippen LogP contribution in [-0.2, 0) is 10.0 Å². The van der Waals surface area contributed by atoms with Gasteiger partial charge in [0.2, 0.25) is 10.0 Å². The van der Waals surface area contributed by atoms with Crippen LogP contribution in [0.5, 0.6) is 0 Å². The molecule has 2 unspecified atom stereocenters. The summed E-state index contributed by atoms with van der Waals surface area (Å²) in [6.45, 7) is 3.90. The first-order valence-corrected chi connectivity index (χ1v) is 7.71. The van der Waals surface area contributed by atoms with Crippen LogP contribution in [0.1, 0.15) is 26.7 Å². The third-order valence-corrected chi connectivity index (χ3v) is 5.52. The van der Waals surface area contributed by atoms with E-state index in [1.807, 2.05) is 14.0 Å². The van der Waals surface area contributed by atoms with Crippen molar-refractivity contribution in [2.75, 3.05) is 13.6 Å². The van der Waals surface area contributed by atoms with Crippen molar-refractivity contribution in [3.63, 3.8) is 0 Å². The molecule has 2 atom stereocenters. The highest BCUT2D eigenvalue weighted by Gasteiger charge is 2.30. The molecule has 17 heavy (non-hydrogen) atoms. The molecule has 7 heteroatoms. The fourth-order valence-corrected chi connectivity index (χ4v) is 2.91. The van der Waals surface area contributed by atoms with Crippen LogP contribution in [-0.4, -0.2) is 49.2 Å². The lowest BCUT2D eigenvalue weighted by Crippen LogP contribution is -2.46. The number of nitrogens with zero attached hydrogens (tertiary/aromatic N) is 1. The van der Waals surface area contributed by atoms with Crippen molar-refractivity contribution in [3.8, 4) is 0 Å². The first-order valence-electron chi connectivity index (χ1n) is 5.75.